The smallest absolute Gasteiger partial charge is 0.129 e. The van der Waals surface area contributed by atoms with Crippen LogP contribution in [0, 0.1) is 11.6 Å². The van der Waals surface area contributed by atoms with Gasteiger partial charge in [-0.05, 0) is 19.4 Å². The van der Waals surface area contributed by atoms with Crippen molar-refractivity contribution < 1.29 is 13.5 Å². The van der Waals surface area contributed by atoms with Gasteiger partial charge in [0, 0.05) is 24.7 Å². The zero-order chi connectivity index (χ0) is 10.7. The van der Waals surface area contributed by atoms with Gasteiger partial charge >= 0.3 is 0 Å². The van der Waals surface area contributed by atoms with Crippen LogP contribution in [0.25, 0.3) is 0 Å². The first kappa shape index (κ1) is 10.4. The maximum Gasteiger partial charge on any atom is 0.129 e. The third-order valence-corrected chi connectivity index (χ3v) is 2.39. The summed E-state index contributed by atoms with van der Waals surface area (Å²) in [5.74, 6) is -0.941. The molecule has 15 heavy (non-hydrogen) atoms. The largest absolute Gasteiger partial charge is 0.489 e. The number of ether oxygens (including phenoxy) is 1. The van der Waals surface area contributed by atoms with Gasteiger partial charge in [0.2, 0.25) is 0 Å². The Morgan fingerprint density at radius 3 is 2.53 bits per heavy atom. The van der Waals surface area contributed by atoms with Gasteiger partial charge in [0.05, 0.1) is 0 Å². The van der Waals surface area contributed by atoms with Crippen molar-refractivity contribution in [3.8, 4) is 5.75 Å². The molecule has 4 heteroatoms. The Kier molecular flexibility index (Phi) is 3.16. The third kappa shape index (κ3) is 2.89. The minimum absolute atomic E-state index is 0.0138. The van der Waals surface area contributed by atoms with E-state index >= 15 is 0 Å². The fourth-order valence-electron chi connectivity index (χ4n) is 1.71. The monoisotopic (exact) mass is 213 g/mol. The van der Waals surface area contributed by atoms with Crippen LogP contribution in [0.5, 0.6) is 5.75 Å². The number of hydrogen-bond donors (Lipinski definition) is 1. The highest BCUT2D eigenvalue weighted by Gasteiger charge is 2.14. The second kappa shape index (κ2) is 4.57. The number of benzene rings is 1. The van der Waals surface area contributed by atoms with Gasteiger partial charge in [-0.3, -0.25) is 0 Å². The number of rotatable bonds is 2. The van der Waals surface area contributed by atoms with Crippen LogP contribution in [0.3, 0.4) is 0 Å². The van der Waals surface area contributed by atoms with Crippen LogP contribution in [0.2, 0.25) is 0 Å². The summed E-state index contributed by atoms with van der Waals surface area (Å²) in [5.41, 5.74) is 0. The molecule has 0 aliphatic carbocycles. The maximum atomic E-state index is 12.8. The van der Waals surface area contributed by atoms with E-state index < -0.39 is 11.6 Å². The number of halogens is 2. The first-order chi connectivity index (χ1) is 7.24. The average Bonchev–Trinajstić information content (AvgIpc) is 2.17. The molecule has 2 nitrogen and oxygen atoms in total. The number of nitrogens with one attached hydrogen (secondary N) is 1. The van der Waals surface area contributed by atoms with E-state index in [1.54, 1.807) is 0 Å². The molecule has 1 fully saturated rings. The highest BCUT2D eigenvalue weighted by atomic mass is 19.1. The third-order valence-electron chi connectivity index (χ3n) is 2.39. The maximum absolute atomic E-state index is 12.8. The molecule has 0 bridgehead atoms. The number of piperidine rings is 1. The lowest BCUT2D eigenvalue weighted by atomic mass is 10.1. The van der Waals surface area contributed by atoms with Gasteiger partial charge in [-0.2, -0.15) is 0 Å². The second-order valence-electron chi connectivity index (χ2n) is 3.69. The molecule has 1 atom stereocenters. The van der Waals surface area contributed by atoms with Crippen molar-refractivity contribution in [3.05, 3.63) is 29.8 Å². The Balaban J connectivity index is 2.02. The lowest BCUT2D eigenvalue weighted by Gasteiger charge is -2.23. The minimum Gasteiger partial charge on any atom is -0.489 e. The molecule has 1 N–H and O–H groups in total. The van der Waals surface area contributed by atoms with Crippen LogP contribution in [0.15, 0.2) is 18.2 Å². The predicted octanol–water partition coefficient (Wildman–Crippen LogP) is 2.10. The van der Waals surface area contributed by atoms with E-state index in [0.717, 1.165) is 32.0 Å². The molecule has 0 aromatic heterocycles. The van der Waals surface area contributed by atoms with Crippen molar-refractivity contribution >= 4 is 0 Å². The molecule has 2 rings (SSSR count). The first-order valence-corrected chi connectivity index (χ1v) is 5.07. The van der Waals surface area contributed by atoms with Crippen molar-refractivity contribution in [2.75, 3.05) is 13.1 Å². The molecule has 1 aromatic carbocycles. The van der Waals surface area contributed by atoms with Crippen molar-refractivity contribution in [2.24, 2.45) is 0 Å². The quantitative estimate of drug-likeness (QED) is 0.812. The topological polar surface area (TPSA) is 21.3 Å². The molecule has 1 aromatic rings. The summed E-state index contributed by atoms with van der Waals surface area (Å²) in [6.07, 6.45) is 1.97. The molecule has 82 valence electrons. The standard InChI is InChI=1S/C11H13F2NO/c12-8-4-9(13)6-11(5-8)15-10-2-1-3-14-7-10/h4-6,10,14H,1-3,7H2/t10-/m0/s1. The Morgan fingerprint density at radius 2 is 1.93 bits per heavy atom. The predicted molar refractivity (Wildman–Crippen MR) is 52.9 cm³/mol. The lowest BCUT2D eigenvalue weighted by molar-refractivity contribution is 0.166. The summed E-state index contributed by atoms with van der Waals surface area (Å²) in [6.45, 7) is 1.72. The second-order valence-corrected chi connectivity index (χ2v) is 3.69. The van der Waals surface area contributed by atoms with Crippen LogP contribution < -0.4 is 10.1 Å². The van der Waals surface area contributed by atoms with Crippen LogP contribution in [-0.4, -0.2) is 19.2 Å². The molecule has 1 saturated heterocycles. The molecule has 0 saturated carbocycles. The Labute approximate surface area is 87.2 Å². The molecule has 0 amide bonds. The minimum atomic E-state index is -0.603. The molecular formula is C11H13F2NO. The first-order valence-electron chi connectivity index (χ1n) is 5.07. The van der Waals surface area contributed by atoms with Crippen LogP contribution in [0.1, 0.15) is 12.8 Å². The van der Waals surface area contributed by atoms with E-state index in [1.807, 2.05) is 0 Å². The van der Waals surface area contributed by atoms with E-state index in [-0.39, 0.29) is 11.9 Å². The Bertz CT molecular complexity index is 317. The summed E-state index contributed by atoms with van der Waals surface area (Å²) in [7, 11) is 0. The highest BCUT2D eigenvalue weighted by Crippen LogP contribution is 2.18. The van der Waals surface area contributed by atoms with Gasteiger partial charge < -0.3 is 10.1 Å². The Morgan fingerprint density at radius 1 is 1.20 bits per heavy atom. The average molecular weight is 213 g/mol. The van der Waals surface area contributed by atoms with E-state index in [2.05, 4.69) is 5.32 Å². The zero-order valence-electron chi connectivity index (χ0n) is 8.30. The molecule has 1 aliphatic rings. The summed E-state index contributed by atoms with van der Waals surface area (Å²) in [6, 6.07) is 3.25. The summed E-state index contributed by atoms with van der Waals surface area (Å²) < 4.78 is 31.2. The lowest BCUT2D eigenvalue weighted by Crippen LogP contribution is -2.37. The highest BCUT2D eigenvalue weighted by molar-refractivity contribution is 5.24. The molecular weight excluding hydrogens is 200 g/mol. The number of hydrogen-bond acceptors (Lipinski definition) is 2. The van der Waals surface area contributed by atoms with Crippen molar-refractivity contribution in [3.63, 3.8) is 0 Å². The van der Waals surface area contributed by atoms with Gasteiger partial charge in [-0.1, -0.05) is 0 Å². The molecule has 1 aliphatic heterocycles. The van der Waals surface area contributed by atoms with Crippen molar-refractivity contribution in [2.45, 2.75) is 18.9 Å². The molecule has 0 spiro atoms. The van der Waals surface area contributed by atoms with Crippen molar-refractivity contribution in [1.82, 2.24) is 5.32 Å². The van der Waals surface area contributed by atoms with Crippen LogP contribution in [0.4, 0.5) is 8.78 Å². The van der Waals surface area contributed by atoms with E-state index in [0.29, 0.717) is 0 Å². The molecule has 0 radical (unpaired) electrons. The van der Waals surface area contributed by atoms with E-state index in [9.17, 15) is 8.78 Å². The zero-order valence-corrected chi connectivity index (χ0v) is 8.30. The summed E-state index contributed by atoms with van der Waals surface area (Å²) in [4.78, 5) is 0. The van der Waals surface area contributed by atoms with Gasteiger partial charge in [0.25, 0.3) is 0 Å². The van der Waals surface area contributed by atoms with Gasteiger partial charge in [-0.15, -0.1) is 0 Å². The fraction of sp³-hybridized carbons (Fsp3) is 0.455. The SMILES string of the molecule is Fc1cc(F)cc(O[C@H]2CCCNC2)c1. The van der Waals surface area contributed by atoms with Crippen LogP contribution >= 0.6 is 0 Å². The Hall–Kier alpha value is -1.16. The fourth-order valence-corrected chi connectivity index (χ4v) is 1.71. The van der Waals surface area contributed by atoms with Crippen molar-refractivity contribution in [1.29, 1.82) is 0 Å². The van der Waals surface area contributed by atoms with E-state index in [4.69, 9.17) is 4.74 Å². The summed E-state index contributed by atoms with van der Waals surface area (Å²) in [5, 5.41) is 3.17. The summed E-state index contributed by atoms with van der Waals surface area (Å²) >= 11 is 0. The molecule has 0 unspecified atom stereocenters. The van der Waals surface area contributed by atoms with Crippen LogP contribution in [-0.2, 0) is 0 Å². The van der Waals surface area contributed by atoms with Gasteiger partial charge in [-0.25, -0.2) is 8.78 Å². The van der Waals surface area contributed by atoms with Gasteiger partial charge in [0.15, 0.2) is 0 Å². The normalized spacial score (nSPS) is 21.3. The van der Waals surface area contributed by atoms with E-state index in [1.165, 1.54) is 12.1 Å². The van der Waals surface area contributed by atoms with Gasteiger partial charge in [0.1, 0.15) is 23.5 Å². The molecule has 1 heterocycles.